The molecule has 0 aliphatic carbocycles. The van der Waals surface area contributed by atoms with Gasteiger partial charge in [-0.15, -0.1) is 0 Å². The van der Waals surface area contributed by atoms with Crippen molar-refractivity contribution in [2.75, 3.05) is 11.9 Å². The van der Waals surface area contributed by atoms with Gasteiger partial charge in [-0.25, -0.2) is 15.0 Å². The molecule has 0 saturated heterocycles. The highest BCUT2D eigenvalue weighted by Crippen LogP contribution is 2.24. The van der Waals surface area contributed by atoms with Crippen LogP contribution < -0.4 is 4.90 Å². The van der Waals surface area contributed by atoms with Crippen molar-refractivity contribution < 1.29 is 4.79 Å². The van der Waals surface area contributed by atoms with Crippen molar-refractivity contribution in [2.45, 2.75) is 17.2 Å². The zero-order valence-corrected chi connectivity index (χ0v) is 14.4. The van der Waals surface area contributed by atoms with Crippen molar-refractivity contribution in [1.29, 1.82) is 0 Å². The third-order valence-electron chi connectivity index (χ3n) is 3.46. The number of anilines is 1. The largest absolute Gasteiger partial charge is 0.318 e. The first kappa shape index (κ1) is 16.1. The Morgan fingerprint density at radius 2 is 2.04 bits per heavy atom. The van der Waals surface area contributed by atoms with E-state index in [1.54, 1.807) is 54.4 Å². The number of amides is 1. The summed E-state index contributed by atoms with van der Waals surface area (Å²) in [5.41, 5.74) is 2.09. The highest BCUT2D eigenvalue weighted by atomic mass is 32.2. The molecular weight excluding hydrogens is 324 g/mol. The van der Waals surface area contributed by atoms with E-state index in [1.165, 1.54) is 11.8 Å². The van der Waals surface area contributed by atoms with Crippen LogP contribution in [0.4, 0.5) is 5.69 Å². The van der Waals surface area contributed by atoms with Crippen LogP contribution in [0.25, 0.3) is 0 Å². The van der Waals surface area contributed by atoms with Crippen molar-refractivity contribution in [1.82, 2.24) is 24.5 Å². The minimum absolute atomic E-state index is 0.157. The summed E-state index contributed by atoms with van der Waals surface area (Å²) in [6.07, 6.45) is 6.58. The number of imidazole rings is 1. The van der Waals surface area contributed by atoms with Crippen LogP contribution in [0, 0.1) is 6.92 Å². The minimum Gasteiger partial charge on any atom is -0.318 e. The van der Waals surface area contributed by atoms with Gasteiger partial charge < -0.3 is 9.47 Å². The molecule has 24 heavy (non-hydrogen) atoms. The summed E-state index contributed by atoms with van der Waals surface area (Å²) in [6.45, 7) is 1.90. The van der Waals surface area contributed by atoms with E-state index in [9.17, 15) is 4.79 Å². The van der Waals surface area contributed by atoms with E-state index in [0.717, 1.165) is 11.4 Å². The number of hydrogen-bond donors (Lipinski definition) is 0. The van der Waals surface area contributed by atoms with Gasteiger partial charge in [0.05, 0.1) is 18.1 Å². The van der Waals surface area contributed by atoms with Crippen LogP contribution in [0.2, 0.25) is 0 Å². The van der Waals surface area contributed by atoms with Gasteiger partial charge in [0, 0.05) is 32.2 Å². The number of aryl methyl sites for hydroxylation is 1. The number of carbonyl (C=O) groups is 1. The molecule has 0 saturated carbocycles. The normalized spacial score (nSPS) is 10.6. The fourth-order valence-corrected chi connectivity index (χ4v) is 2.89. The first-order valence-corrected chi connectivity index (χ1v) is 8.05. The molecular formula is C16H16N6OS. The van der Waals surface area contributed by atoms with Crippen molar-refractivity contribution >= 4 is 23.4 Å². The van der Waals surface area contributed by atoms with E-state index in [2.05, 4.69) is 19.9 Å². The first-order chi connectivity index (χ1) is 11.6. The van der Waals surface area contributed by atoms with Crippen LogP contribution in [0.15, 0.2) is 53.3 Å². The van der Waals surface area contributed by atoms with E-state index in [1.807, 2.05) is 19.1 Å². The molecule has 0 N–H and O–H groups in total. The number of carbonyl (C=O) groups excluding carboxylic acids is 1. The summed E-state index contributed by atoms with van der Waals surface area (Å²) in [6, 6.07) is 5.45. The summed E-state index contributed by atoms with van der Waals surface area (Å²) in [5.74, 6) is -0.157. The van der Waals surface area contributed by atoms with Crippen molar-refractivity contribution in [3.63, 3.8) is 0 Å². The summed E-state index contributed by atoms with van der Waals surface area (Å²) < 4.78 is 1.74. The SMILES string of the molecule is Cc1ccnc(Sc2ncc(C(=O)N(C)c3cccnc3)n2C)n1. The van der Waals surface area contributed by atoms with E-state index >= 15 is 0 Å². The minimum atomic E-state index is -0.157. The zero-order valence-electron chi connectivity index (χ0n) is 13.5. The Hall–Kier alpha value is -2.74. The number of rotatable bonds is 4. The van der Waals surface area contributed by atoms with Crippen molar-refractivity contribution in [3.8, 4) is 0 Å². The van der Waals surface area contributed by atoms with Gasteiger partial charge in [0.15, 0.2) is 10.3 Å². The smallest absolute Gasteiger partial charge is 0.276 e. The van der Waals surface area contributed by atoms with Crippen LogP contribution in [0.1, 0.15) is 16.2 Å². The lowest BCUT2D eigenvalue weighted by atomic mass is 10.3. The second-order valence-electron chi connectivity index (χ2n) is 5.14. The van der Waals surface area contributed by atoms with Gasteiger partial charge in [-0.1, -0.05) is 0 Å². The van der Waals surface area contributed by atoms with Crippen LogP contribution in [0.5, 0.6) is 0 Å². The molecule has 3 rings (SSSR count). The van der Waals surface area contributed by atoms with E-state index < -0.39 is 0 Å². The summed E-state index contributed by atoms with van der Waals surface area (Å²) in [5, 5.41) is 1.26. The molecule has 8 heteroatoms. The monoisotopic (exact) mass is 340 g/mol. The third-order valence-corrected chi connectivity index (χ3v) is 4.40. The maximum atomic E-state index is 12.7. The average Bonchev–Trinajstić information content (AvgIpc) is 2.95. The number of hydrogen-bond acceptors (Lipinski definition) is 6. The van der Waals surface area contributed by atoms with Gasteiger partial charge >= 0.3 is 0 Å². The van der Waals surface area contributed by atoms with Crippen molar-refractivity contribution in [3.05, 3.63) is 54.4 Å². The average molecular weight is 340 g/mol. The Balaban J connectivity index is 1.83. The van der Waals surface area contributed by atoms with Crippen LogP contribution >= 0.6 is 11.8 Å². The van der Waals surface area contributed by atoms with Crippen molar-refractivity contribution in [2.24, 2.45) is 7.05 Å². The molecule has 0 spiro atoms. The van der Waals surface area contributed by atoms with Gasteiger partial charge in [-0.2, -0.15) is 0 Å². The standard InChI is InChI=1S/C16H16N6OS/c1-11-6-8-18-15(20-11)24-16-19-10-13(22(16)3)14(23)21(2)12-5-4-7-17-9-12/h4-10H,1-3H3. The Bertz CT molecular complexity index is 864. The Labute approximate surface area is 143 Å². The molecule has 0 aliphatic heterocycles. The fraction of sp³-hybridized carbons (Fsp3) is 0.188. The number of pyridine rings is 1. The molecule has 0 atom stereocenters. The number of aromatic nitrogens is 5. The lowest BCUT2D eigenvalue weighted by Crippen LogP contribution is -2.28. The summed E-state index contributed by atoms with van der Waals surface area (Å²) in [7, 11) is 3.51. The topological polar surface area (TPSA) is 76.8 Å². The van der Waals surface area contributed by atoms with Gasteiger partial charge in [0.2, 0.25) is 0 Å². The Morgan fingerprint density at radius 3 is 2.75 bits per heavy atom. The number of nitrogens with zero attached hydrogens (tertiary/aromatic N) is 6. The van der Waals surface area contributed by atoms with Crippen LogP contribution in [0.3, 0.4) is 0 Å². The second-order valence-corrected chi connectivity index (χ2v) is 6.08. The fourth-order valence-electron chi connectivity index (χ4n) is 2.08. The molecule has 3 aromatic rings. The quantitative estimate of drug-likeness (QED) is 0.679. The van der Waals surface area contributed by atoms with Crippen LogP contribution in [-0.2, 0) is 7.05 Å². The zero-order chi connectivity index (χ0) is 17.1. The lowest BCUT2D eigenvalue weighted by Gasteiger charge is -2.16. The molecule has 1 amide bonds. The molecule has 0 radical (unpaired) electrons. The maximum absolute atomic E-state index is 12.7. The van der Waals surface area contributed by atoms with Gasteiger partial charge in [-0.05, 0) is 36.9 Å². The molecule has 0 aromatic carbocycles. The first-order valence-electron chi connectivity index (χ1n) is 7.23. The predicted octanol–water partition coefficient (Wildman–Crippen LogP) is 2.34. The van der Waals surface area contributed by atoms with E-state index in [0.29, 0.717) is 16.0 Å². The maximum Gasteiger partial charge on any atom is 0.276 e. The van der Waals surface area contributed by atoms with Gasteiger partial charge in [0.25, 0.3) is 5.91 Å². The molecule has 3 aromatic heterocycles. The van der Waals surface area contributed by atoms with Gasteiger partial charge in [-0.3, -0.25) is 9.78 Å². The summed E-state index contributed by atoms with van der Waals surface area (Å²) >= 11 is 1.32. The Kier molecular flexibility index (Phi) is 4.57. The Morgan fingerprint density at radius 1 is 1.21 bits per heavy atom. The molecule has 0 bridgehead atoms. The molecule has 0 unspecified atom stereocenters. The highest BCUT2D eigenvalue weighted by molar-refractivity contribution is 7.99. The van der Waals surface area contributed by atoms with E-state index in [-0.39, 0.29) is 5.91 Å². The van der Waals surface area contributed by atoms with Gasteiger partial charge in [0.1, 0.15) is 5.69 Å². The predicted molar refractivity (Wildman–Crippen MR) is 91.1 cm³/mol. The third kappa shape index (κ3) is 3.28. The van der Waals surface area contributed by atoms with E-state index in [4.69, 9.17) is 0 Å². The molecule has 3 heterocycles. The van der Waals surface area contributed by atoms with Crippen LogP contribution in [-0.4, -0.2) is 37.5 Å². The molecule has 7 nitrogen and oxygen atoms in total. The highest BCUT2D eigenvalue weighted by Gasteiger charge is 2.20. The molecule has 0 aliphatic rings. The summed E-state index contributed by atoms with van der Waals surface area (Å²) in [4.78, 5) is 31.1. The second kappa shape index (κ2) is 6.79. The lowest BCUT2D eigenvalue weighted by molar-refractivity contribution is 0.0984. The molecule has 122 valence electrons. The molecule has 0 fully saturated rings.